The Balaban J connectivity index is 1.35. The first-order valence-electron chi connectivity index (χ1n) is 9.00. The highest BCUT2D eigenvalue weighted by atomic mass is 16.5. The molecule has 1 saturated heterocycles. The number of esters is 1. The fraction of sp³-hybridized carbons (Fsp3) is 0.444. The number of nitrogens with one attached hydrogen (secondary N) is 3. The number of urea groups is 1. The maximum Gasteiger partial charge on any atom is 0.338 e. The van der Waals surface area contributed by atoms with E-state index in [0.717, 1.165) is 37.9 Å². The molecule has 1 aliphatic carbocycles. The van der Waals surface area contributed by atoms with Crippen molar-refractivity contribution in [3.05, 3.63) is 23.8 Å². The quantitative estimate of drug-likeness (QED) is 0.672. The van der Waals surface area contributed by atoms with Crippen molar-refractivity contribution in [3.63, 3.8) is 0 Å². The Morgan fingerprint density at radius 2 is 2.04 bits per heavy atom. The van der Waals surface area contributed by atoms with Gasteiger partial charge in [0.05, 0.1) is 16.9 Å². The summed E-state index contributed by atoms with van der Waals surface area (Å²) in [5.41, 5.74) is 1.66. The molecule has 0 unspecified atom stereocenters. The Kier molecular flexibility index (Phi) is 4.43. The molecule has 2 heterocycles. The zero-order valence-electron chi connectivity index (χ0n) is 14.6. The lowest BCUT2D eigenvalue weighted by Crippen LogP contribution is -2.44. The maximum absolute atomic E-state index is 12.2. The van der Waals surface area contributed by atoms with E-state index in [2.05, 4.69) is 16.0 Å². The van der Waals surface area contributed by atoms with Crippen molar-refractivity contribution in [2.75, 3.05) is 23.4 Å². The van der Waals surface area contributed by atoms with Gasteiger partial charge < -0.3 is 20.3 Å². The number of hydrogen-bond donors (Lipinski definition) is 3. The number of fused-ring (bicyclic) bond motifs is 3. The lowest BCUT2D eigenvalue weighted by Gasteiger charge is -2.33. The summed E-state index contributed by atoms with van der Waals surface area (Å²) in [5.74, 6) is -1.48. The number of hydrogen-bond acceptors (Lipinski definition) is 6. The molecule has 1 atom stereocenters. The minimum Gasteiger partial charge on any atom is -0.452 e. The molecule has 142 valence electrons. The standard InChI is InChI=1S/C18H20N4O5/c23-15(21-18(26)19-11-4-5-11)9-27-17(25)10-3-6-13-12(8-10)20-16(24)14-2-1-7-22(13)14/h3,6,8,11,14H,1-2,4-5,7,9H2,(H,20,24)(H2,19,21,23,26)/t14-/m1/s1. The van der Waals surface area contributed by atoms with E-state index in [1.807, 2.05) is 4.90 Å². The highest BCUT2D eigenvalue weighted by molar-refractivity contribution is 6.05. The minimum atomic E-state index is -0.701. The van der Waals surface area contributed by atoms with Gasteiger partial charge >= 0.3 is 12.0 Å². The number of carbonyl (C=O) groups excluding carboxylic acids is 4. The maximum atomic E-state index is 12.2. The van der Waals surface area contributed by atoms with Crippen LogP contribution in [0.5, 0.6) is 0 Å². The second-order valence-corrected chi connectivity index (χ2v) is 6.94. The van der Waals surface area contributed by atoms with Crippen LogP contribution in [0.3, 0.4) is 0 Å². The van der Waals surface area contributed by atoms with E-state index in [-0.39, 0.29) is 23.6 Å². The molecule has 0 radical (unpaired) electrons. The lowest BCUT2D eigenvalue weighted by molar-refractivity contribution is -0.123. The normalized spacial score (nSPS) is 20.2. The molecule has 2 aliphatic heterocycles. The summed E-state index contributed by atoms with van der Waals surface area (Å²) in [5, 5.41) is 7.53. The Labute approximate surface area is 155 Å². The minimum absolute atomic E-state index is 0.0772. The molecule has 0 bridgehead atoms. The highest BCUT2D eigenvalue weighted by Gasteiger charge is 2.36. The van der Waals surface area contributed by atoms with Crippen LogP contribution >= 0.6 is 0 Å². The average molecular weight is 372 g/mol. The van der Waals surface area contributed by atoms with E-state index in [9.17, 15) is 19.2 Å². The van der Waals surface area contributed by atoms with Crippen LogP contribution in [0.1, 0.15) is 36.0 Å². The van der Waals surface area contributed by atoms with Crippen molar-refractivity contribution in [2.45, 2.75) is 37.8 Å². The third-order valence-electron chi connectivity index (χ3n) is 4.85. The van der Waals surface area contributed by atoms with Crippen molar-refractivity contribution < 1.29 is 23.9 Å². The second kappa shape index (κ2) is 6.90. The number of rotatable bonds is 4. The summed E-state index contributed by atoms with van der Waals surface area (Å²) in [4.78, 5) is 49.5. The smallest absolute Gasteiger partial charge is 0.338 e. The molecule has 0 aromatic heterocycles. The number of ether oxygens (including phenoxy) is 1. The average Bonchev–Trinajstić information content (AvgIpc) is 3.30. The molecule has 4 rings (SSSR count). The molecule has 4 amide bonds. The monoisotopic (exact) mass is 372 g/mol. The van der Waals surface area contributed by atoms with E-state index in [4.69, 9.17) is 4.74 Å². The predicted octanol–water partition coefficient (Wildman–Crippen LogP) is 0.752. The summed E-state index contributed by atoms with van der Waals surface area (Å²) < 4.78 is 4.96. The first kappa shape index (κ1) is 17.3. The molecular formula is C18H20N4O5. The lowest BCUT2D eigenvalue weighted by atomic mass is 10.1. The van der Waals surface area contributed by atoms with E-state index >= 15 is 0 Å². The van der Waals surface area contributed by atoms with Gasteiger partial charge in [0.25, 0.3) is 5.91 Å². The third-order valence-corrected chi connectivity index (χ3v) is 4.85. The Morgan fingerprint density at radius 1 is 1.22 bits per heavy atom. The summed E-state index contributed by atoms with van der Waals surface area (Å²) in [6, 6.07) is 4.30. The summed E-state index contributed by atoms with van der Waals surface area (Å²) in [7, 11) is 0. The Bertz CT molecular complexity index is 820. The first-order valence-corrected chi connectivity index (χ1v) is 9.00. The molecule has 2 fully saturated rings. The van der Waals surface area contributed by atoms with Crippen LogP contribution in [0.25, 0.3) is 0 Å². The van der Waals surface area contributed by atoms with Crippen LogP contribution in [0.4, 0.5) is 16.2 Å². The van der Waals surface area contributed by atoms with Crippen LogP contribution in [-0.2, 0) is 14.3 Å². The van der Waals surface area contributed by atoms with Gasteiger partial charge in [0, 0.05) is 12.6 Å². The van der Waals surface area contributed by atoms with Gasteiger partial charge in [0.2, 0.25) is 5.91 Å². The Morgan fingerprint density at radius 3 is 2.81 bits per heavy atom. The first-order chi connectivity index (χ1) is 13.0. The van der Waals surface area contributed by atoms with Gasteiger partial charge in [-0.3, -0.25) is 14.9 Å². The van der Waals surface area contributed by atoms with E-state index in [1.165, 1.54) is 0 Å². The van der Waals surface area contributed by atoms with Gasteiger partial charge in [-0.1, -0.05) is 0 Å². The van der Waals surface area contributed by atoms with Crippen molar-refractivity contribution >= 4 is 35.2 Å². The SMILES string of the molecule is O=C(COC(=O)c1ccc2c(c1)NC(=O)[C@H]1CCCN21)NC(=O)NC1CC1. The molecule has 3 N–H and O–H groups in total. The Hall–Kier alpha value is -3.10. The number of imide groups is 1. The summed E-state index contributed by atoms with van der Waals surface area (Å²) >= 11 is 0. The zero-order valence-corrected chi connectivity index (χ0v) is 14.6. The van der Waals surface area contributed by atoms with Crippen LogP contribution in [-0.4, -0.2) is 49.1 Å². The number of anilines is 2. The van der Waals surface area contributed by atoms with Crippen LogP contribution in [0.2, 0.25) is 0 Å². The highest BCUT2D eigenvalue weighted by Crippen LogP contribution is 2.37. The fourth-order valence-corrected chi connectivity index (χ4v) is 3.38. The number of nitrogens with zero attached hydrogens (tertiary/aromatic N) is 1. The van der Waals surface area contributed by atoms with Crippen molar-refractivity contribution in [1.82, 2.24) is 10.6 Å². The fourth-order valence-electron chi connectivity index (χ4n) is 3.38. The van der Waals surface area contributed by atoms with Gasteiger partial charge in [-0.15, -0.1) is 0 Å². The third kappa shape index (κ3) is 3.71. The zero-order chi connectivity index (χ0) is 19.0. The molecule has 1 saturated carbocycles. The van der Waals surface area contributed by atoms with Gasteiger partial charge in [-0.25, -0.2) is 9.59 Å². The predicted molar refractivity (Wildman–Crippen MR) is 95.4 cm³/mol. The second-order valence-electron chi connectivity index (χ2n) is 6.94. The number of carbonyl (C=O) groups is 4. The van der Waals surface area contributed by atoms with Gasteiger partial charge in [-0.05, 0) is 43.9 Å². The van der Waals surface area contributed by atoms with Crippen molar-refractivity contribution in [2.24, 2.45) is 0 Å². The molecule has 0 spiro atoms. The summed E-state index contributed by atoms with van der Waals surface area (Å²) in [6.45, 7) is 0.243. The van der Waals surface area contributed by atoms with Crippen molar-refractivity contribution in [3.8, 4) is 0 Å². The largest absolute Gasteiger partial charge is 0.452 e. The molecule has 1 aromatic carbocycles. The van der Waals surface area contributed by atoms with Gasteiger partial charge in [-0.2, -0.15) is 0 Å². The topological polar surface area (TPSA) is 117 Å². The molecule has 9 heteroatoms. The van der Waals surface area contributed by atoms with Gasteiger partial charge in [0.15, 0.2) is 6.61 Å². The number of benzene rings is 1. The number of amides is 4. The summed E-state index contributed by atoms with van der Waals surface area (Å²) in [6.07, 6.45) is 3.58. The van der Waals surface area contributed by atoms with E-state index in [0.29, 0.717) is 5.69 Å². The van der Waals surface area contributed by atoms with Crippen LogP contribution in [0, 0.1) is 0 Å². The molecular weight excluding hydrogens is 352 g/mol. The molecule has 3 aliphatic rings. The van der Waals surface area contributed by atoms with E-state index in [1.54, 1.807) is 18.2 Å². The van der Waals surface area contributed by atoms with E-state index < -0.39 is 24.5 Å². The molecule has 27 heavy (non-hydrogen) atoms. The van der Waals surface area contributed by atoms with Crippen molar-refractivity contribution in [1.29, 1.82) is 0 Å². The van der Waals surface area contributed by atoms with Crippen LogP contribution < -0.4 is 20.9 Å². The van der Waals surface area contributed by atoms with Crippen LogP contribution in [0.15, 0.2) is 18.2 Å². The molecule has 1 aromatic rings. The molecule has 9 nitrogen and oxygen atoms in total. The van der Waals surface area contributed by atoms with Gasteiger partial charge in [0.1, 0.15) is 6.04 Å².